The summed E-state index contributed by atoms with van der Waals surface area (Å²) in [5.74, 6) is 9.34. The van der Waals surface area contributed by atoms with Gasteiger partial charge in [0, 0.05) is 5.57 Å². The summed E-state index contributed by atoms with van der Waals surface area (Å²) in [6, 6.07) is 0. The van der Waals surface area contributed by atoms with E-state index in [0.29, 0.717) is 5.57 Å². The van der Waals surface area contributed by atoms with Crippen LogP contribution in [-0.4, -0.2) is 11.8 Å². The quantitative estimate of drug-likeness (QED) is 0.262. The molecule has 1 rings (SSSR count). The minimum absolute atomic E-state index is 0.273. The molecule has 0 bridgehead atoms. The second-order valence-electron chi connectivity index (χ2n) is 3.59. The summed E-state index contributed by atoms with van der Waals surface area (Å²) in [4.78, 5) is 22.7. The van der Waals surface area contributed by atoms with Gasteiger partial charge in [-0.05, 0) is 13.3 Å². The summed E-state index contributed by atoms with van der Waals surface area (Å²) >= 11 is 0. The first-order valence-electron chi connectivity index (χ1n) is 4.44. The Morgan fingerprint density at radius 2 is 2.07 bits per heavy atom. The van der Waals surface area contributed by atoms with E-state index in [-0.39, 0.29) is 12.3 Å². The van der Waals surface area contributed by atoms with Crippen molar-refractivity contribution in [3.05, 3.63) is 23.8 Å². The summed E-state index contributed by atoms with van der Waals surface area (Å²) in [5, 5.41) is 0. The van der Waals surface area contributed by atoms with Gasteiger partial charge in [-0.15, -0.1) is 0 Å². The third kappa shape index (κ3) is 2.23. The van der Waals surface area contributed by atoms with Gasteiger partial charge in [0.05, 0.1) is 5.41 Å². The highest BCUT2D eigenvalue weighted by Gasteiger charge is 2.33. The Bertz CT molecular complexity index is 348. The van der Waals surface area contributed by atoms with E-state index in [1.807, 2.05) is 5.43 Å². The molecule has 0 aromatic heterocycles. The molecule has 1 aliphatic carbocycles. The fourth-order valence-electron chi connectivity index (χ4n) is 1.46. The van der Waals surface area contributed by atoms with Crippen molar-refractivity contribution in [2.45, 2.75) is 13.3 Å². The molecule has 0 spiro atoms. The van der Waals surface area contributed by atoms with Crippen molar-refractivity contribution in [2.75, 3.05) is 0 Å². The predicted octanol–water partition coefficient (Wildman–Crippen LogP) is -1.14. The molecule has 6 nitrogen and oxygen atoms in total. The molecule has 0 aromatic carbocycles. The lowest BCUT2D eigenvalue weighted by Crippen LogP contribution is -2.43. The van der Waals surface area contributed by atoms with Crippen molar-refractivity contribution in [3.8, 4) is 0 Å². The Labute approximate surface area is 87.3 Å². The summed E-state index contributed by atoms with van der Waals surface area (Å²) in [6.07, 6.45) is 5.23. The number of nitrogens with two attached hydrogens (primary N) is 2. The summed E-state index contributed by atoms with van der Waals surface area (Å²) in [5.41, 5.74) is 3.75. The molecule has 0 saturated heterocycles. The summed E-state index contributed by atoms with van der Waals surface area (Å²) in [7, 11) is 0. The zero-order valence-corrected chi connectivity index (χ0v) is 8.41. The molecule has 0 aliphatic heterocycles. The van der Waals surface area contributed by atoms with E-state index >= 15 is 0 Å². The summed E-state index contributed by atoms with van der Waals surface area (Å²) in [6.45, 7) is 1.70. The van der Waals surface area contributed by atoms with Crippen LogP contribution >= 0.6 is 0 Å². The normalized spacial score (nSPS) is 24.3. The number of hydrogen-bond acceptors (Lipinski definition) is 4. The molecule has 0 aromatic rings. The van der Waals surface area contributed by atoms with Crippen LogP contribution in [-0.2, 0) is 9.59 Å². The van der Waals surface area contributed by atoms with E-state index < -0.39 is 11.3 Å². The van der Waals surface area contributed by atoms with Crippen LogP contribution in [0.5, 0.6) is 0 Å². The lowest BCUT2D eigenvalue weighted by atomic mass is 9.79. The zero-order chi connectivity index (χ0) is 11.5. The van der Waals surface area contributed by atoms with Crippen LogP contribution in [0.15, 0.2) is 23.8 Å². The molecule has 1 aliphatic rings. The Morgan fingerprint density at radius 1 is 1.40 bits per heavy atom. The minimum atomic E-state index is -0.800. The fourth-order valence-corrected chi connectivity index (χ4v) is 1.46. The Balaban J connectivity index is 2.87. The van der Waals surface area contributed by atoms with Gasteiger partial charge in [0.2, 0.25) is 5.91 Å². The van der Waals surface area contributed by atoms with E-state index in [2.05, 4.69) is 5.43 Å². The molecule has 82 valence electrons. The molecular formula is C9H14N4O2. The highest BCUT2D eigenvalue weighted by molar-refractivity contribution is 5.96. The van der Waals surface area contributed by atoms with Gasteiger partial charge in [-0.2, -0.15) is 0 Å². The van der Waals surface area contributed by atoms with Gasteiger partial charge < -0.3 is 0 Å². The first kappa shape index (κ1) is 11.4. The van der Waals surface area contributed by atoms with Crippen LogP contribution in [0.1, 0.15) is 13.3 Å². The smallest absolute Gasteiger partial charge is 0.261 e. The van der Waals surface area contributed by atoms with Gasteiger partial charge in [0.1, 0.15) is 0 Å². The standard InChI is InChI=1S/C9H14N4O2/c1-9(8(15)13-11)4-2-3-6(5-9)7(14)12-10/h2-4H,5,10-11H2,1H3,(H,12,14)(H,13,15). The molecule has 1 unspecified atom stereocenters. The number of carbonyl (C=O) groups is 2. The molecule has 0 radical (unpaired) electrons. The van der Waals surface area contributed by atoms with Gasteiger partial charge >= 0.3 is 0 Å². The number of hydrogen-bond donors (Lipinski definition) is 4. The molecule has 15 heavy (non-hydrogen) atoms. The Kier molecular flexibility index (Phi) is 3.23. The van der Waals surface area contributed by atoms with Gasteiger partial charge in [0.25, 0.3) is 5.91 Å². The highest BCUT2D eigenvalue weighted by atomic mass is 16.2. The van der Waals surface area contributed by atoms with Crippen LogP contribution in [0, 0.1) is 5.41 Å². The van der Waals surface area contributed by atoms with E-state index in [0.717, 1.165) is 0 Å². The lowest BCUT2D eigenvalue weighted by Gasteiger charge is -2.26. The van der Waals surface area contributed by atoms with Gasteiger partial charge in [-0.1, -0.05) is 18.2 Å². The number of carbonyl (C=O) groups excluding carboxylic acids is 2. The van der Waals surface area contributed by atoms with Crippen molar-refractivity contribution >= 4 is 11.8 Å². The number of amides is 2. The van der Waals surface area contributed by atoms with E-state index in [1.54, 1.807) is 25.2 Å². The molecule has 0 saturated carbocycles. The molecule has 0 fully saturated rings. The monoisotopic (exact) mass is 210 g/mol. The number of nitrogens with one attached hydrogen (secondary N) is 2. The SMILES string of the molecule is CC1(C(=O)NN)C=CC=C(C(=O)NN)C1. The van der Waals surface area contributed by atoms with Gasteiger partial charge in [0.15, 0.2) is 0 Å². The molecule has 6 N–H and O–H groups in total. The second kappa shape index (κ2) is 4.24. The van der Waals surface area contributed by atoms with Crippen LogP contribution in [0.4, 0.5) is 0 Å². The van der Waals surface area contributed by atoms with E-state index in [1.165, 1.54) is 0 Å². The largest absolute Gasteiger partial charge is 0.294 e. The van der Waals surface area contributed by atoms with Crippen LogP contribution in [0.2, 0.25) is 0 Å². The van der Waals surface area contributed by atoms with E-state index in [4.69, 9.17) is 11.7 Å². The first-order chi connectivity index (χ1) is 7.03. The maximum Gasteiger partial charge on any atom is 0.261 e. The molecule has 6 heteroatoms. The highest BCUT2D eigenvalue weighted by Crippen LogP contribution is 2.31. The van der Waals surface area contributed by atoms with Crippen molar-refractivity contribution in [2.24, 2.45) is 17.1 Å². The van der Waals surface area contributed by atoms with Crippen LogP contribution in [0.25, 0.3) is 0 Å². The Morgan fingerprint density at radius 3 is 2.60 bits per heavy atom. The molecule has 0 heterocycles. The van der Waals surface area contributed by atoms with Gasteiger partial charge in [-0.3, -0.25) is 20.4 Å². The third-order valence-corrected chi connectivity index (χ3v) is 2.39. The Hall–Kier alpha value is -1.66. The topological polar surface area (TPSA) is 110 Å². The maximum atomic E-state index is 11.5. The second-order valence-corrected chi connectivity index (χ2v) is 3.59. The lowest BCUT2D eigenvalue weighted by molar-refractivity contribution is -0.128. The van der Waals surface area contributed by atoms with Crippen molar-refractivity contribution in [1.29, 1.82) is 0 Å². The molecule has 2 amide bonds. The van der Waals surface area contributed by atoms with Crippen molar-refractivity contribution in [3.63, 3.8) is 0 Å². The minimum Gasteiger partial charge on any atom is -0.294 e. The number of allylic oxidation sites excluding steroid dienone is 2. The van der Waals surface area contributed by atoms with Gasteiger partial charge in [-0.25, -0.2) is 11.7 Å². The van der Waals surface area contributed by atoms with Crippen LogP contribution < -0.4 is 22.5 Å². The average molecular weight is 210 g/mol. The number of hydrazine groups is 2. The maximum absolute atomic E-state index is 11.5. The van der Waals surface area contributed by atoms with Crippen molar-refractivity contribution in [1.82, 2.24) is 10.9 Å². The average Bonchev–Trinajstić information content (AvgIpc) is 2.26. The number of rotatable bonds is 2. The molecule has 1 atom stereocenters. The fraction of sp³-hybridized carbons (Fsp3) is 0.333. The summed E-state index contributed by atoms with van der Waals surface area (Å²) < 4.78 is 0. The zero-order valence-electron chi connectivity index (χ0n) is 8.41. The van der Waals surface area contributed by atoms with Crippen LogP contribution in [0.3, 0.4) is 0 Å². The molecular weight excluding hydrogens is 196 g/mol. The van der Waals surface area contributed by atoms with Crippen molar-refractivity contribution < 1.29 is 9.59 Å². The van der Waals surface area contributed by atoms with E-state index in [9.17, 15) is 9.59 Å². The predicted molar refractivity (Wildman–Crippen MR) is 54.6 cm³/mol. The first-order valence-corrected chi connectivity index (χ1v) is 4.44. The third-order valence-electron chi connectivity index (χ3n) is 2.39.